The SMILES string of the molecule is CCC1(C)NC(=O)C(C)(C)N(CCCOC)C1=O. The van der Waals surface area contributed by atoms with E-state index in [9.17, 15) is 9.59 Å². The third-order valence-corrected chi connectivity index (χ3v) is 3.77. The van der Waals surface area contributed by atoms with E-state index in [-0.39, 0.29) is 11.8 Å². The van der Waals surface area contributed by atoms with Gasteiger partial charge in [-0.25, -0.2) is 0 Å². The quantitative estimate of drug-likeness (QED) is 0.744. The third kappa shape index (κ3) is 2.51. The van der Waals surface area contributed by atoms with E-state index in [2.05, 4.69) is 5.32 Å². The maximum Gasteiger partial charge on any atom is 0.248 e. The lowest BCUT2D eigenvalue weighted by Gasteiger charge is -2.48. The average Bonchev–Trinajstić information content (AvgIpc) is 2.31. The third-order valence-electron chi connectivity index (χ3n) is 3.77. The van der Waals surface area contributed by atoms with Crippen LogP contribution in [0.3, 0.4) is 0 Å². The summed E-state index contributed by atoms with van der Waals surface area (Å²) in [6.45, 7) is 8.38. The van der Waals surface area contributed by atoms with Crippen molar-refractivity contribution < 1.29 is 14.3 Å². The molecule has 1 aliphatic heterocycles. The van der Waals surface area contributed by atoms with Crippen LogP contribution >= 0.6 is 0 Å². The zero-order chi connectivity index (χ0) is 14.0. The molecule has 0 aromatic rings. The number of methoxy groups -OCH3 is 1. The summed E-state index contributed by atoms with van der Waals surface area (Å²) in [5.41, 5.74) is -1.57. The molecular formula is C13H24N2O3. The van der Waals surface area contributed by atoms with Crippen molar-refractivity contribution >= 4 is 11.8 Å². The molecule has 1 saturated heterocycles. The Bertz CT molecular complexity index is 341. The molecule has 0 spiro atoms. The smallest absolute Gasteiger partial charge is 0.248 e. The fraction of sp³-hybridized carbons (Fsp3) is 0.846. The van der Waals surface area contributed by atoms with Gasteiger partial charge in [-0.05, 0) is 33.6 Å². The molecule has 5 heteroatoms. The van der Waals surface area contributed by atoms with Gasteiger partial charge in [0.2, 0.25) is 11.8 Å². The highest BCUT2D eigenvalue weighted by Gasteiger charge is 2.50. The number of carbonyl (C=O) groups excluding carboxylic acids is 2. The van der Waals surface area contributed by atoms with Gasteiger partial charge < -0.3 is 15.0 Å². The summed E-state index contributed by atoms with van der Waals surface area (Å²) in [5.74, 6) is -0.102. The molecule has 1 atom stereocenters. The Kier molecular flexibility index (Phi) is 4.37. The lowest BCUT2D eigenvalue weighted by Crippen LogP contribution is -2.73. The minimum Gasteiger partial charge on any atom is -0.385 e. The molecule has 0 aromatic heterocycles. The number of carbonyl (C=O) groups is 2. The fourth-order valence-electron chi connectivity index (χ4n) is 2.12. The van der Waals surface area contributed by atoms with E-state index >= 15 is 0 Å². The minimum atomic E-state index is -0.792. The highest BCUT2D eigenvalue weighted by Crippen LogP contribution is 2.28. The first-order valence-electron chi connectivity index (χ1n) is 6.43. The van der Waals surface area contributed by atoms with Crippen LogP contribution in [-0.4, -0.2) is 48.1 Å². The number of amides is 2. The molecule has 18 heavy (non-hydrogen) atoms. The molecule has 1 fully saturated rings. The van der Waals surface area contributed by atoms with E-state index in [4.69, 9.17) is 4.74 Å². The van der Waals surface area contributed by atoms with Crippen molar-refractivity contribution in [1.29, 1.82) is 0 Å². The van der Waals surface area contributed by atoms with Crippen LogP contribution in [0.2, 0.25) is 0 Å². The summed E-state index contributed by atoms with van der Waals surface area (Å²) in [5, 5.41) is 2.84. The Balaban J connectivity index is 2.93. The molecule has 2 amide bonds. The first kappa shape index (κ1) is 15.0. The average molecular weight is 256 g/mol. The van der Waals surface area contributed by atoms with E-state index in [0.29, 0.717) is 19.6 Å². The second kappa shape index (κ2) is 5.26. The molecule has 0 aliphatic carbocycles. The van der Waals surface area contributed by atoms with Gasteiger partial charge in [0.05, 0.1) is 0 Å². The molecular weight excluding hydrogens is 232 g/mol. The minimum absolute atomic E-state index is 0.00861. The maximum atomic E-state index is 12.5. The Labute approximate surface area is 109 Å². The number of nitrogens with zero attached hydrogens (tertiary/aromatic N) is 1. The largest absolute Gasteiger partial charge is 0.385 e. The predicted octanol–water partition coefficient (Wildman–Crippen LogP) is 0.929. The molecule has 104 valence electrons. The second-order valence-electron chi connectivity index (χ2n) is 5.50. The lowest BCUT2D eigenvalue weighted by molar-refractivity contribution is -0.160. The molecule has 1 heterocycles. The van der Waals surface area contributed by atoms with E-state index in [1.165, 1.54) is 0 Å². The molecule has 1 unspecified atom stereocenters. The standard InChI is InChI=1S/C13H24N2O3/c1-6-13(4)11(17)15(8-7-9-18-5)12(2,3)10(16)14-13/h6-9H2,1-5H3,(H,14,16). The molecule has 0 saturated carbocycles. The first-order valence-corrected chi connectivity index (χ1v) is 6.43. The molecule has 0 radical (unpaired) electrons. The van der Waals surface area contributed by atoms with E-state index in [1.807, 2.05) is 6.92 Å². The van der Waals surface area contributed by atoms with Gasteiger partial charge in [-0.1, -0.05) is 6.92 Å². The van der Waals surface area contributed by atoms with Crippen LogP contribution in [0.25, 0.3) is 0 Å². The van der Waals surface area contributed by atoms with Gasteiger partial charge >= 0.3 is 0 Å². The van der Waals surface area contributed by atoms with Crippen LogP contribution in [0.5, 0.6) is 0 Å². The molecule has 1 aliphatic rings. The van der Waals surface area contributed by atoms with Crippen molar-refractivity contribution in [2.45, 2.75) is 51.6 Å². The van der Waals surface area contributed by atoms with Crippen LogP contribution in [0.4, 0.5) is 0 Å². The van der Waals surface area contributed by atoms with Crippen LogP contribution in [-0.2, 0) is 14.3 Å². The molecule has 1 N–H and O–H groups in total. The van der Waals surface area contributed by atoms with Gasteiger partial charge in [-0.3, -0.25) is 9.59 Å². The van der Waals surface area contributed by atoms with E-state index < -0.39 is 11.1 Å². The summed E-state index contributed by atoms with van der Waals surface area (Å²) in [7, 11) is 1.63. The number of hydrogen-bond acceptors (Lipinski definition) is 3. The predicted molar refractivity (Wildman–Crippen MR) is 69.1 cm³/mol. The van der Waals surface area contributed by atoms with Gasteiger partial charge in [0, 0.05) is 20.3 Å². The first-order chi connectivity index (χ1) is 8.29. The highest BCUT2D eigenvalue weighted by atomic mass is 16.5. The van der Waals surface area contributed by atoms with Crippen LogP contribution in [0.15, 0.2) is 0 Å². The van der Waals surface area contributed by atoms with Gasteiger partial charge in [-0.2, -0.15) is 0 Å². The summed E-state index contributed by atoms with van der Waals surface area (Å²) in [4.78, 5) is 26.3. The number of ether oxygens (including phenoxy) is 1. The van der Waals surface area contributed by atoms with Crippen molar-refractivity contribution in [1.82, 2.24) is 10.2 Å². The summed E-state index contributed by atoms with van der Waals surface area (Å²) >= 11 is 0. The van der Waals surface area contributed by atoms with Crippen molar-refractivity contribution in [3.8, 4) is 0 Å². The van der Waals surface area contributed by atoms with Crippen molar-refractivity contribution in [2.75, 3.05) is 20.3 Å². The van der Waals surface area contributed by atoms with Gasteiger partial charge in [-0.15, -0.1) is 0 Å². The van der Waals surface area contributed by atoms with Crippen molar-refractivity contribution in [2.24, 2.45) is 0 Å². The number of hydrogen-bond donors (Lipinski definition) is 1. The van der Waals surface area contributed by atoms with Crippen LogP contribution < -0.4 is 5.32 Å². The fourth-order valence-corrected chi connectivity index (χ4v) is 2.12. The van der Waals surface area contributed by atoms with E-state index in [1.54, 1.807) is 32.8 Å². The second-order valence-corrected chi connectivity index (χ2v) is 5.50. The summed E-state index contributed by atoms with van der Waals surface area (Å²) < 4.78 is 5.00. The number of nitrogens with one attached hydrogen (secondary N) is 1. The Morgan fingerprint density at radius 1 is 1.28 bits per heavy atom. The van der Waals surface area contributed by atoms with Gasteiger partial charge in [0.25, 0.3) is 0 Å². The number of rotatable bonds is 5. The van der Waals surface area contributed by atoms with E-state index in [0.717, 1.165) is 6.42 Å². The molecule has 5 nitrogen and oxygen atoms in total. The summed E-state index contributed by atoms with van der Waals surface area (Å²) in [6.07, 6.45) is 1.33. The monoisotopic (exact) mass is 256 g/mol. The topological polar surface area (TPSA) is 58.6 Å². The Morgan fingerprint density at radius 3 is 2.39 bits per heavy atom. The van der Waals surface area contributed by atoms with Crippen LogP contribution in [0.1, 0.15) is 40.5 Å². The van der Waals surface area contributed by atoms with Crippen LogP contribution in [0, 0.1) is 0 Å². The van der Waals surface area contributed by atoms with Gasteiger partial charge in [0.1, 0.15) is 11.1 Å². The van der Waals surface area contributed by atoms with Crippen molar-refractivity contribution in [3.05, 3.63) is 0 Å². The Hall–Kier alpha value is -1.10. The van der Waals surface area contributed by atoms with Gasteiger partial charge in [0.15, 0.2) is 0 Å². The zero-order valence-electron chi connectivity index (χ0n) is 12.0. The molecule has 0 aromatic carbocycles. The lowest BCUT2D eigenvalue weighted by atomic mass is 9.86. The number of piperazine rings is 1. The highest BCUT2D eigenvalue weighted by molar-refractivity contribution is 6.01. The van der Waals surface area contributed by atoms with Crippen molar-refractivity contribution in [3.63, 3.8) is 0 Å². The molecule has 0 bridgehead atoms. The Morgan fingerprint density at radius 2 is 1.89 bits per heavy atom. The summed E-state index contributed by atoms with van der Waals surface area (Å²) in [6, 6.07) is 0. The molecule has 1 rings (SSSR count). The normalized spacial score (nSPS) is 27.3. The zero-order valence-corrected chi connectivity index (χ0v) is 12.0. The maximum absolute atomic E-state index is 12.5.